The van der Waals surface area contributed by atoms with Crippen LogP contribution >= 0.6 is 0 Å². The van der Waals surface area contributed by atoms with Crippen LogP contribution in [0.1, 0.15) is 47.6 Å². The molecule has 0 amide bonds. The van der Waals surface area contributed by atoms with Gasteiger partial charge in [-0.15, -0.1) is 0 Å². The van der Waals surface area contributed by atoms with E-state index in [0.717, 1.165) is 11.3 Å². The van der Waals surface area contributed by atoms with Gasteiger partial charge in [-0.3, -0.25) is 0 Å². The zero-order valence-electron chi connectivity index (χ0n) is 13.9. The number of nitrogens with zero attached hydrogens (tertiary/aromatic N) is 4. The monoisotopic (exact) mass is 338 g/mol. The molecule has 0 radical (unpaired) electrons. The molecule has 0 bridgehead atoms. The SMILES string of the molecule is CCOC(=O)c1nccc(OCc2cn3cc(C4CC4)ccc3n2)n1. The quantitative estimate of drug-likeness (QED) is 0.643. The van der Waals surface area contributed by atoms with E-state index < -0.39 is 5.97 Å². The Labute approximate surface area is 144 Å². The Hall–Kier alpha value is -2.96. The number of aromatic nitrogens is 4. The fraction of sp³-hybridized carbons (Fsp3) is 0.333. The molecule has 1 aliphatic rings. The highest BCUT2D eigenvalue weighted by molar-refractivity contribution is 5.85. The zero-order chi connectivity index (χ0) is 17.2. The Morgan fingerprint density at radius 3 is 2.92 bits per heavy atom. The van der Waals surface area contributed by atoms with Crippen molar-refractivity contribution in [2.75, 3.05) is 6.61 Å². The van der Waals surface area contributed by atoms with E-state index in [2.05, 4.69) is 27.2 Å². The molecule has 0 aromatic carbocycles. The van der Waals surface area contributed by atoms with Crippen LogP contribution in [0.15, 0.2) is 36.8 Å². The van der Waals surface area contributed by atoms with E-state index in [0.29, 0.717) is 11.8 Å². The van der Waals surface area contributed by atoms with Crippen molar-refractivity contribution >= 4 is 11.6 Å². The van der Waals surface area contributed by atoms with Gasteiger partial charge in [0.15, 0.2) is 0 Å². The van der Waals surface area contributed by atoms with Gasteiger partial charge < -0.3 is 13.9 Å². The van der Waals surface area contributed by atoms with Crippen LogP contribution in [-0.4, -0.2) is 31.9 Å². The summed E-state index contributed by atoms with van der Waals surface area (Å²) in [6, 6.07) is 5.77. The van der Waals surface area contributed by atoms with Crippen LogP contribution in [0.25, 0.3) is 5.65 Å². The van der Waals surface area contributed by atoms with E-state index in [1.54, 1.807) is 13.0 Å². The fourth-order valence-corrected chi connectivity index (χ4v) is 2.65. The van der Waals surface area contributed by atoms with Gasteiger partial charge in [0, 0.05) is 24.7 Å². The van der Waals surface area contributed by atoms with Crippen LogP contribution in [0.4, 0.5) is 0 Å². The van der Waals surface area contributed by atoms with Gasteiger partial charge in [-0.1, -0.05) is 6.07 Å². The average molecular weight is 338 g/mol. The predicted molar refractivity (Wildman–Crippen MR) is 89.5 cm³/mol. The normalized spacial score (nSPS) is 13.8. The molecule has 0 spiro atoms. The van der Waals surface area contributed by atoms with E-state index in [-0.39, 0.29) is 19.0 Å². The van der Waals surface area contributed by atoms with Crippen molar-refractivity contribution in [3.8, 4) is 5.88 Å². The molecule has 7 heteroatoms. The van der Waals surface area contributed by atoms with Crippen molar-refractivity contribution in [1.29, 1.82) is 0 Å². The topological polar surface area (TPSA) is 78.6 Å². The molecule has 1 aliphatic carbocycles. The maximum Gasteiger partial charge on any atom is 0.376 e. The van der Waals surface area contributed by atoms with E-state index >= 15 is 0 Å². The van der Waals surface area contributed by atoms with Crippen LogP contribution in [0.3, 0.4) is 0 Å². The van der Waals surface area contributed by atoms with Gasteiger partial charge >= 0.3 is 5.97 Å². The number of hydrogen-bond donors (Lipinski definition) is 0. The highest BCUT2D eigenvalue weighted by Gasteiger charge is 2.23. The molecule has 0 saturated heterocycles. The summed E-state index contributed by atoms with van der Waals surface area (Å²) in [6.45, 7) is 2.27. The number of esters is 1. The maximum atomic E-state index is 11.7. The molecule has 1 fully saturated rings. The lowest BCUT2D eigenvalue weighted by Gasteiger charge is -2.04. The van der Waals surface area contributed by atoms with Crippen LogP contribution < -0.4 is 4.74 Å². The maximum absolute atomic E-state index is 11.7. The molecular weight excluding hydrogens is 320 g/mol. The van der Waals surface area contributed by atoms with E-state index in [9.17, 15) is 4.79 Å². The zero-order valence-corrected chi connectivity index (χ0v) is 13.9. The summed E-state index contributed by atoms with van der Waals surface area (Å²) >= 11 is 0. The number of ether oxygens (including phenoxy) is 2. The Morgan fingerprint density at radius 2 is 2.12 bits per heavy atom. The number of rotatable bonds is 6. The lowest BCUT2D eigenvalue weighted by Crippen LogP contribution is -2.10. The summed E-state index contributed by atoms with van der Waals surface area (Å²) < 4.78 is 12.6. The second kappa shape index (κ2) is 6.51. The molecule has 3 aromatic rings. The number of hydrogen-bond acceptors (Lipinski definition) is 6. The van der Waals surface area contributed by atoms with Gasteiger partial charge in [0.05, 0.1) is 12.3 Å². The van der Waals surface area contributed by atoms with Crippen molar-refractivity contribution in [1.82, 2.24) is 19.4 Å². The van der Waals surface area contributed by atoms with Gasteiger partial charge in [-0.05, 0) is 37.3 Å². The molecular formula is C18H18N4O3. The summed E-state index contributed by atoms with van der Waals surface area (Å²) in [6.07, 6.45) is 8.10. The first-order valence-electron chi connectivity index (χ1n) is 8.33. The number of pyridine rings is 1. The third kappa shape index (κ3) is 3.45. The fourth-order valence-electron chi connectivity index (χ4n) is 2.65. The summed E-state index contributed by atoms with van der Waals surface area (Å²) in [7, 11) is 0. The van der Waals surface area contributed by atoms with Crippen molar-refractivity contribution in [3.63, 3.8) is 0 Å². The third-order valence-electron chi connectivity index (χ3n) is 4.03. The predicted octanol–water partition coefficient (Wildman–Crippen LogP) is 2.76. The molecule has 0 unspecified atom stereocenters. The van der Waals surface area contributed by atoms with Crippen molar-refractivity contribution < 1.29 is 14.3 Å². The molecule has 3 aromatic heterocycles. The third-order valence-corrected chi connectivity index (χ3v) is 4.03. The lowest BCUT2D eigenvalue weighted by atomic mass is 10.2. The number of carbonyl (C=O) groups excluding carboxylic acids is 1. The van der Waals surface area contributed by atoms with Crippen molar-refractivity contribution in [3.05, 3.63) is 53.9 Å². The van der Waals surface area contributed by atoms with Crippen LogP contribution in [0.5, 0.6) is 5.88 Å². The Morgan fingerprint density at radius 1 is 1.24 bits per heavy atom. The summed E-state index contributed by atoms with van der Waals surface area (Å²) in [5.74, 6) is 0.444. The molecule has 0 atom stereocenters. The van der Waals surface area contributed by atoms with E-state index in [1.807, 2.05) is 16.7 Å². The number of fused-ring (bicyclic) bond motifs is 1. The molecule has 0 N–H and O–H groups in total. The number of carbonyl (C=O) groups is 1. The molecule has 3 heterocycles. The first-order valence-corrected chi connectivity index (χ1v) is 8.33. The van der Waals surface area contributed by atoms with E-state index in [1.165, 1.54) is 24.6 Å². The van der Waals surface area contributed by atoms with Gasteiger partial charge in [0.2, 0.25) is 11.7 Å². The Kier molecular flexibility index (Phi) is 4.05. The number of imidazole rings is 1. The van der Waals surface area contributed by atoms with Gasteiger partial charge in [0.1, 0.15) is 12.3 Å². The Bertz CT molecular complexity index is 918. The van der Waals surface area contributed by atoms with Gasteiger partial charge in [-0.25, -0.2) is 14.8 Å². The minimum absolute atomic E-state index is 0.0107. The Balaban J connectivity index is 1.46. The largest absolute Gasteiger partial charge is 0.471 e. The molecule has 25 heavy (non-hydrogen) atoms. The highest BCUT2D eigenvalue weighted by atomic mass is 16.5. The molecule has 7 nitrogen and oxygen atoms in total. The smallest absolute Gasteiger partial charge is 0.376 e. The van der Waals surface area contributed by atoms with Crippen molar-refractivity contribution in [2.24, 2.45) is 0 Å². The van der Waals surface area contributed by atoms with Crippen LogP contribution in [0.2, 0.25) is 0 Å². The van der Waals surface area contributed by atoms with Gasteiger partial charge in [-0.2, -0.15) is 4.98 Å². The minimum Gasteiger partial charge on any atom is -0.471 e. The minimum atomic E-state index is -0.562. The van der Waals surface area contributed by atoms with Crippen LogP contribution in [0, 0.1) is 0 Å². The second-order valence-electron chi connectivity index (χ2n) is 5.96. The molecule has 1 saturated carbocycles. The first kappa shape index (κ1) is 15.6. The standard InChI is InChI=1S/C18H18N4O3/c1-2-24-18(23)17-19-8-7-16(21-17)25-11-14-10-22-9-13(12-3-4-12)5-6-15(22)20-14/h5-10,12H,2-4,11H2,1H3. The highest BCUT2D eigenvalue weighted by Crippen LogP contribution is 2.39. The molecule has 0 aliphatic heterocycles. The van der Waals surface area contributed by atoms with Crippen LogP contribution in [-0.2, 0) is 11.3 Å². The first-order chi connectivity index (χ1) is 12.2. The lowest BCUT2D eigenvalue weighted by molar-refractivity contribution is 0.0510. The molecule has 4 rings (SSSR count). The van der Waals surface area contributed by atoms with Gasteiger partial charge in [0.25, 0.3) is 0 Å². The average Bonchev–Trinajstić information content (AvgIpc) is 3.40. The van der Waals surface area contributed by atoms with Crippen molar-refractivity contribution in [2.45, 2.75) is 32.3 Å². The summed E-state index contributed by atoms with van der Waals surface area (Å²) in [5, 5.41) is 0. The second-order valence-corrected chi connectivity index (χ2v) is 5.96. The van der Waals surface area contributed by atoms with E-state index in [4.69, 9.17) is 9.47 Å². The summed E-state index contributed by atoms with van der Waals surface area (Å²) in [5.41, 5.74) is 3.04. The molecule has 128 valence electrons. The summed E-state index contributed by atoms with van der Waals surface area (Å²) in [4.78, 5) is 24.2.